The van der Waals surface area contributed by atoms with E-state index in [9.17, 15) is 9.59 Å². The Balaban J connectivity index is 1.71. The van der Waals surface area contributed by atoms with E-state index in [0.717, 1.165) is 30.8 Å². The summed E-state index contributed by atoms with van der Waals surface area (Å²) in [7, 11) is 0. The second kappa shape index (κ2) is 5.82. The van der Waals surface area contributed by atoms with Crippen molar-refractivity contribution in [2.45, 2.75) is 19.8 Å². The molecule has 2 aromatic carbocycles. The summed E-state index contributed by atoms with van der Waals surface area (Å²) in [5.74, 6) is 0. The van der Waals surface area contributed by atoms with Gasteiger partial charge >= 0.3 is 0 Å². The highest BCUT2D eigenvalue weighted by molar-refractivity contribution is 5.81. The number of nitrogens with zero attached hydrogens (tertiary/aromatic N) is 1. The van der Waals surface area contributed by atoms with Crippen LogP contribution in [-0.2, 0) is 0 Å². The van der Waals surface area contributed by atoms with E-state index in [2.05, 4.69) is 10.2 Å². The Kier molecular flexibility index (Phi) is 3.88. The largest absolute Gasteiger partial charge is 0.380 e. The van der Waals surface area contributed by atoms with Crippen LogP contribution in [0.3, 0.4) is 0 Å². The Hall–Kier alpha value is -1.94. The van der Waals surface area contributed by atoms with Crippen LogP contribution < -0.4 is 16.2 Å². The molecule has 0 bridgehead atoms. The van der Waals surface area contributed by atoms with Crippen LogP contribution in [0.5, 0.6) is 0 Å². The van der Waals surface area contributed by atoms with Crippen molar-refractivity contribution in [1.82, 2.24) is 4.90 Å². The van der Waals surface area contributed by atoms with Gasteiger partial charge in [0, 0.05) is 13.1 Å². The number of benzene rings is 1. The van der Waals surface area contributed by atoms with Crippen molar-refractivity contribution in [2.75, 3.05) is 31.5 Å². The maximum absolute atomic E-state index is 11.8. The summed E-state index contributed by atoms with van der Waals surface area (Å²) in [6.07, 6.45) is 2.52. The van der Waals surface area contributed by atoms with Gasteiger partial charge in [-0.2, -0.15) is 0 Å². The lowest BCUT2D eigenvalue weighted by Crippen LogP contribution is -2.38. The molecule has 4 nitrogen and oxygen atoms in total. The van der Waals surface area contributed by atoms with Gasteiger partial charge in [0.25, 0.3) is 0 Å². The van der Waals surface area contributed by atoms with Gasteiger partial charge < -0.3 is 10.2 Å². The topological polar surface area (TPSA) is 49.4 Å². The average molecular weight is 284 g/mol. The molecule has 1 aliphatic heterocycles. The number of likely N-dealkylation sites (tertiary alicyclic amines) is 1. The van der Waals surface area contributed by atoms with E-state index in [-0.39, 0.29) is 10.9 Å². The second-order valence-corrected chi connectivity index (χ2v) is 5.75. The summed E-state index contributed by atoms with van der Waals surface area (Å²) in [5, 5.41) is 3.16. The lowest BCUT2D eigenvalue weighted by Gasteiger charge is -2.17. The first-order chi connectivity index (χ1) is 10.2. The maximum atomic E-state index is 11.8. The summed E-state index contributed by atoms with van der Waals surface area (Å²) < 4.78 is 0. The lowest BCUT2D eigenvalue weighted by atomic mass is 9.98. The third-order valence-electron chi connectivity index (χ3n) is 4.18. The number of hydrogen-bond acceptors (Lipinski definition) is 4. The van der Waals surface area contributed by atoms with Crippen molar-refractivity contribution < 1.29 is 0 Å². The smallest absolute Gasteiger partial charge is 0.250 e. The zero-order valence-corrected chi connectivity index (χ0v) is 12.3. The molecule has 4 heteroatoms. The Morgan fingerprint density at radius 2 is 1.71 bits per heavy atom. The Labute approximate surface area is 124 Å². The van der Waals surface area contributed by atoms with Gasteiger partial charge in [0.1, 0.15) is 0 Å². The molecule has 110 valence electrons. The first kappa shape index (κ1) is 14.0. The fraction of sp³-hybridized carbons (Fsp3) is 0.412. The summed E-state index contributed by atoms with van der Waals surface area (Å²) >= 11 is 0. The fourth-order valence-corrected chi connectivity index (χ4v) is 2.90. The van der Waals surface area contributed by atoms with Crippen LogP contribution in [-0.4, -0.2) is 31.1 Å². The highest BCUT2D eigenvalue weighted by Crippen LogP contribution is 2.23. The van der Waals surface area contributed by atoms with Crippen molar-refractivity contribution in [3.05, 3.63) is 50.3 Å². The molecule has 1 saturated heterocycles. The van der Waals surface area contributed by atoms with E-state index in [1.54, 1.807) is 0 Å². The van der Waals surface area contributed by atoms with Crippen molar-refractivity contribution in [1.29, 1.82) is 0 Å². The average Bonchev–Trinajstić information content (AvgIpc) is 3.01. The highest BCUT2D eigenvalue weighted by Gasteiger charge is 2.22. The molecule has 0 saturated carbocycles. The zero-order chi connectivity index (χ0) is 14.8. The van der Waals surface area contributed by atoms with Gasteiger partial charge in [0.2, 0.25) is 10.9 Å². The predicted octanol–water partition coefficient (Wildman–Crippen LogP) is 1.77. The molecule has 2 aromatic rings. The minimum Gasteiger partial charge on any atom is -0.380 e. The Morgan fingerprint density at radius 3 is 2.38 bits per heavy atom. The Morgan fingerprint density at radius 1 is 1.05 bits per heavy atom. The van der Waals surface area contributed by atoms with Gasteiger partial charge in [-0.1, -0.05) is 29.8 Å². The molecule has 21 heavy (non-hydrogen) atoms. The number of rotatable bonds is 5. The molecule has 0 amide bonds. The van der Waals surface area contributed by atoms with E-state index in [0.29, 0.717) is 17.8 Å². The van der Waals surface area contributed by atoms with E-state index >= 15 is 0 Å². The van der Waals surface area contributed by atoms with Crippen LogP contribution in [0.4, 0.5) is 5.69 Å². The summed E-state index contributed by atoms with van der Waals surface area (Å²) in [4.78, 5) is 26.0. The quantitative estimate of drug-likeness (QED) is 0.850. The van der Waals surface area contributed by atoms with E-state index in [4.69, 9.17) is 0 Å². The van der Waals surface area contributed by atoms with Crippen molar-refractivity contribution >= 4 is 5.69 Å². The van der Waals surface area contributed by atoms with Crippen LogP contribution in [0.15, 0.2) is 33.9 Å². The van der Waals surface area contributed by atoms with Gasteiger partial charge in [0.15, 0.2) is 0 Å². The van der Waals surface area contributed by atoms with Crippen LogP contribution in [0.25, 0.3) is 11.1 Å². The molecule has 0 atom stereocenters. The van der Waals surface area contributed by atoms with Gasteiger partial charge in [-0.15, -0.1) is 0 Å². The number of nitrogens with one attached hydrogen (secondary N) is 1. The first-order valence-corrected chi connectivity index (χ1v) is 7.53. The first-order valence-electron chi connectivity index (χ1n) is 7.53. The number of aryl methyl sites for hydroxylation is 1. The monoisotopic (exact) mass is 284 g/mol. The van der Waals surface area contributed by atoms with Crippen LogP contribution in [0.2, 0.25) is 0 Å². The second-order valence-electron chi connectivity index (χ2n) is 5.75. The van der Waals surface area contributed by atoms with Crippen LogP contribution in [0, 0.1) is 6.92 Å². The normalized spacial score (nSPS) is 15.7. The third-order valence-corrected chi connectivity index (χ3v) is 4.18. The number of anilines is 1. The molecule has 0 aliphatic carbocycles. The van der Waals surface area contributed by atoms with Gasteiger partial charge in [0.05, 0.1) is 11.3 Å². The summed E-state index contributed by atoms with van der Waals surface area (Å²) in [5.41, 5.74) is 2.24. The number of hydrogen-bond donors (Lipinski definition) is 1. The van der Waals surface area contributed by atoms with Gasteiger partial charge in [-0.3, -0.25) is 9.59 Å². The molecule has 3 rings (SSSR count). The zero-order valence-electron chi connectivity index (χ0n) is 12.3. The standard InChI is InChI=1S/C17H20N2O2/c1-12-4-6-13(7-5-12)14-15(17(21)16(14)20)18-8-11-19-9-2-3-10-19/h4-7,18H,2-3,8-11H2,1H3. The van der Waals surface area contributed by atoms with E-state index < -0.39 is 0 Å². The van der Waals surface area contributed by atoms with Crippen molar-refractivity contribution in [3.63, 3.8) is 0 Å². The molecule has 1 heterocycles. The predicted molar refractivity (Wildman–Crippen MR) is 85.7 cm³/mol. The van der Waals surface area contributed by atoms with E-state index in [1.807, 2.05) is 31.2 Å². The molecular formula is C17H20N2O2. The molecule has 1 fully saturated rings. The van der Waals surface area contributed by atoms with Gasteiger partial charge in [-0.05, 0) is 38.4 Å². The lowest BCUT2D eigenvalue weighted by molar-refractivity contribution is 0.352. The maximum Gasteiger partial charge on any atom is 0.250 e. The van der Waals surface area contributed by atoms with Crippen LogP contribution >= 0.6 is 0 Å². The van der Waals surface area contributed by atoms with E-state index in [1.165, 1.54) is 12.8 Å². The summed E-state index contributed by atoms with van der Waals surface area (Å²) in [6.45, 7) is 5.91. The molecule has 0 unspecified atom stereocenters. The molecule has 0 radical (unpaired) electrons. The van der Waals surface area contributed by atoms with Crippen molar-refractivity contribution in [3.8, 4) is 11.1 Å². The molecule has 0 aromatic heterocycles. The Bertz CT molecular complexity index is 690. The third kappa shape index (κ3) is 2.76. The molecule has 0 spiro atoms. The fourth-order valence-electron chi connectivity index (χ4n) is 2.90. The van der Waals surface area contributed by atoms with Crippen LogP contribution in [0.1, 0.15) is 18.4 Å². The van der Waals surface area contributed by atoms with Gasteiger partial charge in [-0.25, -0.2) is 0 Å². The minimum atomic E-state index is -0.382. The molecular weight excluding hydrogens is 264 g/mol. The molecule has 1 aliphatic rings. The van der Waals surface area contributed by atoms with Crippen molar-refractivity contribution in [2.24, 2.45) is 0 Å². The minimum absolute atomic E-state index is 0.373. The molecule has 1 N–H and O–H groups in total. The SMILES string of the molecule is Cc1ccc(-c2c(NCCN3CCCC3)c(=O)c2=O)cc1. The highest BCUT2D eigenvalue weighted by atomic mass is 16.2. The summed E-state index contributed by atoms with van der Waals surface area (Å²) in [6, 6.07) is 7.72.